The van der Waals surface area contributed by atoms with Gasteiger partial charge in [-0.25, -0.2) is 4.98 Å². The van der Waals surface area contributed by atoms with Crippen LogP contribution in [0.1, 0.15) is 21.9 Å². The van der Waals surface area contributed by atoms with E-state index in [2.05, 4.69) is 15.4 Å². The molecule has 7 heteroatoms. The number of halogens is 2. The van der Waals surface area contributed by atoms with Crippen molar-refractivity contribution in [2.24, 2.45) is 7.05 Å². The monoisotopic (exact) mass is 298 g/mol. The van der Waals surface area contributed by atoms with E-state index in [9.17, 15) is 4.79 Å². The molecule has 0 aromatic carbocycles. The number of nitrogens with one attached hydrogen (secondary N) is 1. The number of anilines is 1. The first-order valence-corrected chi connectivity index (χ1v) is 6.29. The third-order valence-electron chi connectivity index (χ3n) is 2.77. The first kappa shape index (κ1) is 13.8. The van der Waals surface area contributed by atoms with Crippen LogP contribution in [0.2, 0.25) is 10.2 Å². The van der Waals surface area contributed by atoms with Crippen LogP contribution in [0, 0.1) is 13.8 Å². The molecule has 0 aliphatic heterocycles. The summed E-state index contributed by atoms with van der Waals surface area (Å²) in [5.41, 5.74) is 2.33. The van der Waals surface area contributed by atoms with Gasteiger partial charge in [0.25, 0.3) is 5.91 Å². The molecule has 0 atom stereocenters. The zero-order chi connectivity index (χ0) is 14.2. The van der Waals surface area contributed by atoms with Crippen molar-refractivity contribution in [1.29, 1.82) is 0 Å². The molecule has 5 nitrogen and oxygen atoms in total. The van der Waals surface area contributed by atoms with E-state index in [0.29, 0.717) is 5.69 Å². The van der Waals surface area contributed by atoms with Gasteiger partial charge in [0.1, 0.15) is 10.8 Å². The van der Waals surface area contributed by atoms with Gasteiger partial charge in [-0.05, 0) is 26.0 Å². The van der Waals surface area contributed by atoms with Crippen LogP contribution < -0.4 is 5.32 Å². The molecule has 0 bridgehead atoms. The predicted octanol–water partition coefficient (Wildman–Crippen LogP) is 2.99. The molecule has 0 aliphatic carbocycles. The maximum atomic E-state index is 12.1. The molecule has 2 aromatic rings. The highest BCUT2D eigenvalue weighted by Crippen LogP contribution is 2.22. The number of carbonyl (C=O) groups is 1. The molecule has 1 amide bonds. The maximum absolute atomic E-state index is 12.1. The van der Waals surface area contributed by atoms with Gasteiger partial charge in [0, 0.05) is 7.05 Å². The molecule has 2 heterocycles. The van der Waals surface area contributed by atoms with E-state index in [1.54, 1.807) is 4.68 Å². The fourth-order valence-electron chi connectivity index (χ4n) is 1.70. The first-order chi connectivity index (χ1) is 8.90. The van der Waals surface area contributed by atoms with E-state index in [1.165, 1.54) is 12.1 Å². The Kier molecular flexibility index (Phi) is 3.78. The number of amides is 1. The fourth-order valence-corrected chi connectivity index (χ4v) is 2.04. The van der Waals surface area contributed by atoms with Crippen LogP contribution in [0.15, 0.2) is 12.1 Å². The van der Waals surface area contributed by atoms with Gasteiger partial charge >= 0.3 is 0 Å². The second-order valence-corrected chi connectivity index (χ2v) is 4.88. The quantitative estimate of drug-likeness (QED) is 0.867. The Balaban J connectivity index is 2.33. The van der Waals surface area contributed by atoms with Crippen LogP contribution in [0.25, 0.3) is 0 Å². The molecule has 0 fully saturated rings. The lowest BCUT2D eigenvalue weighted by atomic mass is 10.3. The summed E-state index contributed by atoms with van der Waals surface area (Å²) in [6, 6.07) is 3.07. The maximum Gasteiger partial charge on any atom is 0.275 e. The second kappa shape index (κ2) is 5.19. The lowest BCUT2D eigenvalue weighted by Gasteiger charge is -2.06. The minimum atomic E-state index is -0.410. The van der Waals surface area contributed by atoms with Crippen molar-refractivity contribution in [1.82, 2.24) is 14.8 Å². The number of carbonyl (C=O) groups excluding carboxylic acids is 1. The molecular weight excluding hydrogens is 287 g/mol. The minimum Gasteiger partial charge on any atom is -0.317 e. The molecule has 0 unspecified atom stereocenters. The Bertz CT molecular complexity index is 651. The van der Waals surface area contributed by atoms with E-state index in [-0.39, 0.29) is 15.9 Å². The SMILES string of the molecule is Cc1nn(C)c(C)c1NC(=O)c1nc(Cl)ccc1Cl. The van der Waals surface area contributed by atoms with Crippen LogP contribution in [0.5, 0.6) is 0 Å². The topological polar surface area (TPSA) is 59.8 Å². The van der Waals surface area contributed by atoms with Gasteiger partial charge in [0.15, 0.2) is 0 Å². The summed E-state index contributed by atoms with van der Waals surface area (Å²) in [5.74, 6) is -0.410. The Morgan fingerprint density at radius 1 is 1.32 bits per heavy atom. The van der Waals surface area contributed by atoms with Gasteiger partial charge in [0.05, 0.1) is 22.1 Å². The van der Waals surface area contributed by atoms with Crippen molar-refractivity contribution < 1.29 is 4.79 Å². The molecular formula is C12H12Cl2N4O. The number of aryl methyl sites for hydroxylation is 2. The summed E-state index contributed by atoms with van der Waals surface area (Å²) in [5, 5.41) is 7.44. The normalized spacial score (nSPS) is 10.6. The summed E-state index contributed by atoms with van der Waals surface area (Å²) < 4.78 is 1.69. The fraction of sp³-hybridized carbons (Fsp3) is 0.250. The van der Waals surface area contributed by atoms with Crippen molar-refractivity contribution >= 4 is 34.8 Å². The molecule has 19 heavy (non-hydrogen) atoms. The summed E-state index contributed by atoms with van der Waals surface area (Å²) in [6.07, 6.45) is 0. The smallest absolute Gasteiger partial charge is 0.275 e. The Hall–Kier alpha value is -1.59. The first-order valence-electron chi connectivity index (χ1n) is 5.53. The molecule has 0 spiro atoms. The standard InChI is InChI=1S/C12H12Cl2N4O/c1-6-10(7(2)18(3)17-6)16-12(19)11-8(13)4-5-9(14)15-11/h4-5H,1-3H3,(H,16,19). The van der Waals surface area contributed by atoms with Crippen LogP contribution in [0.4, 0.5) is 5.69 Å². The van der Waals surface area contributed by atoms with Gasteiger partial charge in [-0.1, -0.05) is 23.2 Å². The average Bonchev–Trinajstić information content (AvgIpc) is 2.59. The number of pyridine rings is 1. The van der Waals surface area contributed by atoms with E-state index in [1.807, 2.05) is 20.9 Å². The Labute approximate surface area is 120 Å². The van der Waals surface area contributed by atoms with Crippen molar-refractivity contribution in [3.8, 4) is 0 Å². The summed E-state index contributed by atoms with van der Waals surface area (Å²) in [4.78, 5) is 16.1. The van der Waals surface area contributed by atoms with Crippen LogP contribution in [0.3, 0.4) is 0 Å². The number of aromatic nitrogens is 3. The average molecular weight is 299 g/mol. The molecule has 1 N–H and O–H groups in total. The number of hydrogen-bond donors (Lipinski definition) is 1. The molecule has 2 rings (SSSR count). The molecule has 2 aromatic heterocycles. The van der Waals surface area contributed by atoms with Crippen molar-refractivity contribution in [3.05, 3.63) is 39.4 Å². The number of nitrogens with zero attached hydrogens (tertiary/aromatic N) is 3. The van der Waals surface area contributed by atoms with E-state index >= 15 is 0 Å². The van der Waals surface area contributed by atoms with E-state index in [0.717, 1.165) is 11.4 Å². The number of hydrogen-bond acceptors (Lipinski definition) is 3. The Morgan fingerprint density at radius 2 is 2.00 bits per heavy atom. The zero-order valence-corrected chi connectivity index (χ0v) is 12.2. The number of rotatable bonds is 2. The second-order valence-electron chi connectivity index (χ2n) is 4.09. The summed E-state index contributed by atoms with van der Waals surface area (Å²) in [6.45, 7) is 3.68. The van der Waals surface area contributed by atoms with Crippen LogP contribution in [-0.2, 0) is 7.05 Å². The van der Waals surface area contributed by atoms with Crippen LogP contribution in [-0.4, -0.2) is 20.7 Å². The molecule has 0 radical (unpaired) electrons. The van der Waals surface area contributed by atoms with Crippen molar-refractivity contribution in [2.75, 3.05) is 5.32 Å². The van der Waals surface area contributed by atoms with Gasteiger partial charge < -0.3 is 5.32 Å². The van der Waals surface area contributed by atoms with E-state index in [4.69, 9.17) is 23.2 Å². The lowest BCUT2D eigenvalue weighted by Crippen LogP contribution is -2.15. The van der Waals surface area contributed by atoms with Crippen molar-refractivity contribution in [2.45, 2.75) is 13.8 Å². The minimum absolute atomic E-state index is 0.0943. The zero-order valence-electron chi connectivity index (χ0n) is 10.7. The molecule has 0 saturated carbocycles. The van der Waals surface area contributed by atoms with Gasteiger partial charge in [-0.15, -0.1) is 0 Å². The predicted molar refractivity (Wildman–Crippen MR) is 74.9 cm³/mol. The molecule has 0 aliphatic rings. The van der Waals surface area contributed by atoms with Crippen LogP contribution >= 0.6 is 23.2 Å². The highest BCUT2D eigenvalue weighted by atomic mass is 35.5. The highest BCUT2D eigenvalue weighted by Gasteiger charge is 2.17. The summed E-state index contributed by atoms with van der Waals surface area (Å²) >= 11 is 11.7. The van der Waals surface area contributed by atoms with Gasteiger partial charge in [-0.2, -0.15) is 5.10 Å². The van der Waals surface area contributed by atoms with Crippen molar-refractivity contribution in [3.63, 3.8) is 0 Å². The third kappa shape index (κ3) is 2.72. The lowest BCUT2D eigenvalue weighted by molar-refractivity contribution is 0.102. The summed E-state index contributed by atoms with van der Waals surface area (Å²) in [7, 11) is 1.81. The van der Waals surface area contributed by atoms with Gasteiger partial charge in [0.2, 0.25) is 0 Å². The Morgan fingerprint density at radius 3 is 2.58 bits per heavy atom. The largest absolute Gasteiger partial charge is 0.317 e. The highest BCUT2D eigenvalue weighted by molar-refractivity contribution is 6.35. The van der Waals surface area contributed by atoms with E-state index < -0.39 is 5.91 Å². The molecule has 0 saturated heterocycles. The molecule has 100 valence electrons. The third-order valence-corrected chi connectivity index (χ3v) is 3.29. The van der Waals surface area contributed by atoms with Gasteiger partial charge in [-0.3, -0.25) is 9.48 Å².